The summed E-state index contributed by atoms with van der Waals surface area (Å²) in [4.78, 5) is 26.2. The number of carbonyl (C=O) groups is 1. The number of aromatic nitrogens is 5. The van der Waals surface area contributed by atoms with Crippen molar-refractivity contribution in [3.05, 3.63) is 52.7 Å². The van der Waals surface area contributed by atoms with E-state index in [1.54, 1.807) is 14.0 Å². The van der Waals surface area contributed by atoms with Crippen molar-refractivity contribution >= 4 is 23.3 Å². The Bertz CT molecular complexity index is 1260. The molecule has 35 heavy (non-hydrogen) atoms. The van der Waals surface area contributed by atoms with Gasteiger partial charge < -0.3 is 15.0 Å². The lowest BCUT2D eigenvalue weighted by Crippen LogP contribution is -2.61. The van der Waals surface area contributed by atoms with Gasteiger partial charge >= 0.3 is 6.11 Å². The van der Waals surface area contributed by atoms with Crippen molar-refractivity contribution in [1.82, 2.24) is 29.6 Å². The average molecular weight is 514 g/mol. The fraction of sp³-hybridized carbons (Fsp3) is 0.381. The lowest BCUT2D eigenvalue weighted by molar-refractivity contribution is -0.298. The van der Waals surface area contributed by atoms with Crippen molar-refractivity contribution in [2.75, 3.05) is 18.4 Å². The second-order valence-electron chi connectivity index (χ2n) is 7.98. The Morgan fingerprint density at radius 2 is 1.94 bits per heavy atom. The molecule has 1 aliphatic rings. The van der Waals surface area contributed by atoms with Crippen LogP contribution in [0, 0.1) is 18.6 Å². The lowest BCUT2D eigenvalue weighted by Gasteiger charge is -2.43. The Morgan fingerprint density at radius 3 is 2.60 bits per heavy atom. The number of hydrogen-bond acceptors (Lipinski definition) is 7. The van der Waals surface area contributed by atoms with Gasteiger partial charge in [-0.2, -0.15) is 13.9 Å². The number of nitrogens with zero attached hydrogens (tertiary/aromatic N) is 6. The maximum Gasteiger partial charge on any atom is 0.373 e. The van der Waals surface area contributed by atoms with Crippen LogP contribution in [0.15, 0.2) is 24.7 Å². The van der Waals surface area contributed by atoms with Gasteiger partial charge in [0.2, 0.25) is 0 Å². The van der Waals surface area contributed by atoms with Gasteiger partial charge in [0.15, 0.2) is 29.0 Å². The Hall–Kier alpha value is -3.32. The van der Waals surface area contributed by atoms with Crippen LogP contribution in [-0.2, 0) is 11.8 Å². The molecule has 3 aromatic heterocycles. The van der Waals surface area contributed by atoms with E-state index in [-0.39, 0.29) is 34.5 Å². The summed E-state index contributed by atoms with van der Waals surface area (Å²) in [5.41, 5.74) is 0.453. The topological polar surface area (TPSA) is 98.1 Å². The SMILES string of the molecule is Cc1c(-c2ncc(F)cn2)c(C(=O)N2CC(F)(F)O[C@@H](C)[C@H]2CNc2ncc(Cl)cc2F)nn1C. The van der Waals surface area contributed by atoms with Crippen LogP contribution in [0.25, 0.3) is 11.4 Å². The van der Waals surface area contributed by atoms with Gasteiger partial charge in [-0.15, -0.1) is 0 Å². The Kier molecular flexibility index (Phi) is 6.64. The first-order chi connectivity index (χ1) is 16.5. The van der Waals surface area contributed by atoms with Crippen molar-refractivity contribution in [3.8, 4) is 11.4 Å². The lowest BCUT2D eigenvalue weighted by atomic mass is 10.1. The van der Waals surface area contributed by atoms with Crippen LogP contribution < -0.4 is 5.32 Å². The van der Waals surface area contributed by atoms with Crippen molar-refractivity contribution in [1.29, 1.82) is 0 Å². The predicted molar refractivity (Wildman–Crippen MR) is 117 cm³/mol. The van der Waals surface area contributed by atoms with Crippen LogP contribution in [0.1, 0.15) is 23.1 Å². The summed E-state index contributed by atoms with van der Waals surface area (Å²) in [5, 5.41) is 6.99. The number of anilines is 1. The average Bonchev–Trinajstić information content (AvgIpc) is 3.08. The fourth-order valence-corrected chi connectivity index (χ4v) is 3.95. The van der Waals surface area contributed by atoms with E-state index in [1.165, 1.54) is 17.8 Å². The first kappa shape index (κ1) is 24.8. The second-order valence-corrected chi connectivity index (χ2v) is 8.42. The molecule has 4 rings (SSSR count). The van der Waals surface area contributed by atoms with Crippen LogP contribution in [0.5, 0.6) is 0 Å². The van der Waals surface area contributed by atoms with Crippen LogP contribution >= 0.6 is 11.6 Å². The summed E-state index contributed by atoms with van der Waals surface area (Å²) in [6, 6.07) is 0.0868. The molecule has 0 radical (unpaired) electrons. The molecular formula is C21H20ClF4N7O2. The summed E-state index contributed by atoms with van der Waals surface area (Å²) < 4.78 is 62.4. The molecular weight excluding hydrogens is 494 g/mol. The minimum Gasteiger partial charge on any atom is -0.365 e. The molecule has 0 spiro atoms. The predicted octanol–water partition coefficient (Wildman–Crippen LogP) is 3.45. The Labute approximate surface area is 202 Å². The number of pyridine rings is 1. The number of ether oxygens (including phenoxy) is 1. The third kappa shape index (κ3) is 5.05. The summed E-state index contributed by atoms with van der Waals surface area (Å²) in [7, 11) is 1.56. The van der Waals surface area contributed by atoms with Gasteiger partial charge in [-0.05, 0) is 19.9 Å². The molecule has 0 aliphatic carbocycles. The van der Waals surface area contributed by atoms with Gasteiger partial charge in [0, 0.05) is 25.5 Å². The van der Waals surface area contributed by atoms with Crippen LogP contribution in [-0.4, -0.2) is 66.9 Å². The van der Waals surface area contributed by atoms with E-state index in [1.807, 2.05) is 0 Å². The number of alkyl halides is 2. The molecule has 0 aromatic carbocycles. The van der Waals surface area contributed by atoms with E-state index < -0.39 is 42.3 Å². The maximum absolute atomic E-state index is 14.4. The first-order valence-electron chi connectivity index (χ1n) is 10.4. The molecule has 0 bridgehead atoms. The highest BCUT2D eigenvalue weighted by Gasteiger charge is 2.48. The number of morpholine rings is 1. The van der Waals surface area contributed by atoms with E-state index >= 15 is 0 Å². The monoisotopic (exact) mass is 513 g/mol. The number of halogens is 5. The quantitative estimate of drug-likeness (QED) is 0.522. The number of aryl methyl sites for hydroxylation is 1. The number of rotatable bonds is 5. The standard InChI is InChI=1S/C21H20ClF4N7O2/c1-10-16(19-28-6-13(23)7-29-19)17(31-32(10)3)20(34)33-9-21(25,26)35-11(2)15(33)8-30-18-14(24)4-12(22)5-27-18/h4-7,11,15H,8-9H2,1-3H3,(H,27,30)/t11-,15+/m0/s1. The second kappa shape index (κ2) is 9.38. The summed E-state index contributed by atoms with van der Waals surface area (Å²) in [6.45, 7) is 1.77. The fourth-order valence-electron chi connectivity index (χ4n) is 3.80. The molecule has 1 amide bonds. The maximum atomic E-state index is 14.4. The number of nitrogens with one attached hydrogen (secondary N) is 1. The summed E-state index contributed by atoms with van der Waals surface area (Å²) >= 11 is 5.72. The van der Waals surface area contributed by atoms with Crippen LogP contribution in [0.4, 0.5) is 23.4 Å². The minimum absolute atomic E-state index is 0.00975. The molecule has 1 fully saturated rings. The van der Waals surface area contributed by atoms with Crippen molar-refractivity contribution in [2.24, 2.45) is 7.05 Å². The zero-order chi connectivity index (χ0) is 25.5. The van der Waals surface area contributed by atoms with Gasteiger partial charge in [-0.25, -0.2) is 23.7 Å². The molecule has 186 valence electrons. The van der Waals surface area contributed by atoms with Gasteiger partial charge in [-0.1, -0.05) is 11.6 Å². The van der Waals surface area contributed by atoms with Crippen molar-refractivity contribution in [2.45, 2.75) is 32.1 Å². The summed E-state index contributed by atoms with van der Waals surface area (Å²) in [5.74, 6) is -2.43. The number of hydrogen-bond donors (Lipinski definition) is 1. The minimum atomic E-state index is -3.63. The molecule has 2 atom stereocenters. The van der Waals surface area contributed by atoms with E-state index in [2.05, 4.69) is 25.4 Å². The number of carbonyl (C=O) groups excluding carboxylic acids is 1. The normalized spacial score (nSPS) is 19.6. The van der Waals surface area contributed by atoms with Gasteiger partial charge in [0.1, 0.15) is 6.54 Å². The molecule has 0 saturated carbocycles. The van der Waals surface area contributed by atoms with Gasteiger partial charge in [-0.3, -0.25) is 9.48 Å². The highest BCUT2D eigenvalue weighted by atomic mass is 35.5. The highest BCUT2D eigenvalue weighted by Crippen LogP contribution is 2.32. The number of amides is 1. The molecule has 3 aromatic rings. The first-order valence-corrected chi connectivity index (χ1v) is 10.8. The smallest absolute Gasteiger partial charge is 0.365 e. The zero-order valence-corrected chi connectivity index (χ0v) is 19.5. The van der Waals surface area contributed by atoms with Gasteiger partial charge in [0.05, 0.1) is 35.1 Å². The van der Waals surface area contributed by atoms with E-state index in [4.69, 9.17) is 16.3 Å². The van der Waals surface area contributed by atoms with Crippen molar-refractivity contribution < 1.29 is 27.1 Å². The molecule has 14 heteroatoms. The Balaban J connectivity index is 1.69. The third-order valence-electron chi connectivity index (χ3n) is 5.58. The van der Waals surface area contributed by atoms with E-state index in [9.17, 15) is 22.4 Å². The molecule has 0 unspecified atom stereocenters. The Morgan fingerprint density at radius 1 is 1.26 bits per heavy atom. The van der Waals surface area contributed by atoms with Crippen molar-refractivity contribution in [3.63, 3.8) is 0 Å². The summed E-state index contributed by atoms with van der Waals surface area (Å²) in [6.07, 6.45) is -1.70. The molecule has 1 N–H and O–H groups in total. The van der Waals surface area contributed by atoms with E-state index in [0.29, 0.717) is 5.69 Å². The molecule has 1 saturated heterocycles. The van der Waals surface area contributed by atoms with E-state index in [0.717, 1.165) is 23.4 Å². The van der Waals surface area contributed by atoms with Crippen LogP contribution in [0.2, 0.25) is 5.02 Å². The molecule has 1 aliphatic heterocycles. The van der Waals surface area contributed by atoms with Gasteiger partial charge in [0.25, 0.3) is 5.91 Å². The third-order valence-corrected chi connectivity index (χ3v) is 5.79. The largest absolute Gasteiger partial charge is 0.373 e. The zero-order valence-electron chi connectivity index (χ0n) is 18.8. The van der Waals surface area contributed by atoms with Crippen LogP contribution in [0.3, 0.4) is 0 Å². The highest BCUT2D eigenvalue weighted by molar-refractivity contribution is 6.30. The molecule has 4 heterocycles. The molecule has 9 nitrogen and oxygen atoms in total.